The van der Waals surface area contributed by atoms with E-state index < -0.39 is 16.0 Å². The number of fused-ring (bicyclic) bond motifs is 1. The number of sulfonamides is 1. The van der Waals surface area contributed by atoms with Crippen LogP contribution in [0.2, 0.25) is 0 Å². The van der Waals surface area contributed by atoms with Gasteiger partial charge in [0.2, 0.25) is 0 Å². The lowest BCUT2D eigenvalue weighted by molar-refractivity contribution is 0.0649. The second-order valence-corrected chi connectivity index (χ2v) is 8.66. The van der Waals surface area contributed by atoms with Crippen LogP contribution in [0.4, 0.5) is 5.69 Å². The number of aromatic carboxylic acids is 1. The standard InChI is InChI=1S/C22H18N2O5S/c1-23(17-7-3-2-4-8-17)30(28,29)21-10-6-5-9-18(21)15-11-12-16-14-20(22(25)26)24(27)19(16)13-15/h2-14,27H,1H3,(H,25,26). The number of carboxylic acid groups (broad SMARTS) is 1. The molecular formula is C22H18N2O5S. The summed E-state index contributed by atoms with van der Waals surface area (Å²) in [4.78, 5) is 11.4. The number of anilines is 1. The van der Waals surface area contributed by atoms with Crippen LogP contribution in [-0.2, 0) is 10.0 Å². The summed E-state index contributed by atoms with van der Waals surface area (Å²) in [6.45, 7) is 0. The van der Waals surface area contributed by atoms with E-state index in [9.17, 15) is 23.5 Å². The van der Waals surface area contributed by atoms with Gasteiger partial charge >= 0.3 is 5.97 Å². The van der Waals surface area contributed by atoms with E-state index >= 15 is 0 Å². The molecule has 1 aromatic heterocycles. The van der Waals surface area contributed by atoms with E-state index in [1.54, 1.807) is 60.7 Å². The minimum absolute atomic E-state index is 0.102. The predicted molar refractivity (Wildman–Crippen MR) is 114 cm³/mol. The Kier molecular flexibility index (Phi) is 4.71. The summed E-state index contributed by atoms with van der Waals surface area (Å²) < 4.78 is 28.5. The molecule has 4 aromatic rings. The third-order valence-electron chi connectivity index (χ3n) is 4.95. The Bertz CT molecular complexity index is 1360. The monoisotopic (exact) mass is 422 g/mol. The molecule has 0 atom stereocenters. The molecule has 8 heteroatoms. The predicted octanol–water partition coefficient (Wildman–Crippen LogP) is 4.07. The molecule has 30 heavy (non-hydrogen) atoms. The second kappa shape index (κ2) is 7.23. The first kappa shape index (κ1) is 19.5. The summed E-state index contributed by atoms with van der Waals surface area (Å²) in [5.41, 5.74) is 1.51. The normalized spacial score (nSPS) is 11.5. The van der Waals surface area contributed by atoms with Crippen molar-refractivity contribution >= 4 is 32.6 Å². The molecule has 0 aliphatic rings. The first-order chi connectivity index (χ1) is 14.3. The highest BCUT2D eigenvalue weighted by molar-refractivity contribution is 7.93. The molecule has 0 aliphatic carbocycles. The Balaban J connectivity index is 1.86. The molecule has 2 N–H and O–H groups in total. The van der Waals surface area contributed by atoms with Gasteiger partial charge in [0.25, 0.3) is 10.0 Å². The van der Waals surface area contributed by atoms with Crippen molar-refractivity contribution in [3.05, 3.63) is 84.6 Å². The molecule has 0 unspecified atom stereocenters. The van der Waals surface area contributed by atoms with E-state index in [2.05, 4.69) is 0 Å². The van der Waals surface area contributed by atoms with E-state index in [4.69, 9.17) is 0 Å². The molecule has 0 aliphatic heterocycles. The van der Waals surface area contributed by atoms with Crippen LogP contribution >= 0.6 is 0 Å². The Morgan fingerprint density at radius 3 is 2.30 bits per heavy atom. The summed E-state index contributed by atoms with van der Waals surface area (Å²) in [5.74, 6) is -1.26. The van der Waals surface area contributed by atoms with E-state index in [0.29, 0.717) is 26.9 Å². The lowest BCUT2D eigenvalue weighted by Crippen LogP contribution is -2.27. The van der Waals surface area contributed by atoms with Gasteiger partial charge in [0.05, 0.1) is 16.1 Å². The summed E-state index contributed by atoms with van der Waals surface area (Å²) in [6, 6.07) is 21.6. The van der Waals surface area contributed by atoms with Crippen molar-refractivity contribution in [2.24, 2.45) is 0 Å². The van der Waals surface area contributed by atoms with Gasteiger partial charge in [-0.2, -0.15) is 4.73 Å². The fourth-order valence-electron chi connectivity index (χ4n) is 3.36. The molecule has 0 bridgehead atoms. The second-order valence-electron chi connectivity index (χ2n) is 6.72. The van der Waals surface area contributed by atoms with E-state index in [0.717, 1.165) is 0 Å². The molecule has 0 saturated heterocycles. The number of carboxylic acids is 1. The van der Waals surface area contributed by atoms with Gasteiger partial charge in [0.1, 0.15) is 0 Å². The fraction of sp³-hybridized carbons (Fsp3) is 0.0455. The van der Waals surface area contributed by atoms with Crippen LogP contribution in [-0.4, -0.2) is 36.5 Å². The molecule has 0 spiro atoms. The summed E-state index contributed by atoms with van der Waals surface area (Å²) in [5, 5.41) is 19.9. The molecule has 0 saturated carbocycles. The van der Waals surface area contributed by atoms with Gasteiger partial charge in [0.15, 0.2) is 5.69 Å². The van der Waals surface area contributed by atoms with Crippen molar-refractivity contribution in [3.8, 4) is 11.1 Å². The number of hydrogen-bond acceptors (Lipinski definition) is 4. The van der Waals surface area contributed by atoms with Crippen molar-refractivity contribution in [1.82, 2.24) is 4.73 Å². The Morgan fingerprint density at radius 2 is 1.60 bits per heavy atom. The smallest absolute Gasteiger partial charge is 0.356 e. The molecule has 7 nitrogen and oxygen atoms in total. The average Bonchev–Trinajstić information content (AvgIpc) is 3.10. The summed E-state index contributed by atoms with van der Waals surface area (Å²) in [7, 11) is -2.38. The molecular weight excluding hydrogens is 404 g/mol. The van der Waals surface area contributed by atoms with Crippen LogP contribution in [0.5, 0.6) is 0 Å². The highest BCUT2D eigenvalue weighted by Crippen LogP contribution is 2.33. The number of aromatic nitrogens is 1. The third kappa shape index (κ3) is 3.17. The minimum atomic E-state index is -3.87. The van der Waals surface area contributed by atoms with Crippen LogP contribution in [0.1, 0.15) is 10.5 Å². The zero-order valence-corrected chi connectivity index (χ0v) is 16.7. The molecule has 0 radical (unpaired) electrons. The Morgan fingerprint density at radius 1 is 0.933 bits per heavy atom. The first-order valence-electron chi connectivity index (χ1n) is 9.02. The quantitative estimate of drug-likeness (QED) is 0.472. The molecule has 1 heterocycles. The highest BCUT2D eigenvalue weighted by Gasteiger charge is 2.25. The summed E-state index contributed by atoms with van der Waals surface area (Å²) >= 11 is 0. The van der Waals surface area contributed by atoms with Crippen LogP contribution in [0.3, 0.4) is 0 Å². The van der Waals surface area contributed by atoms with Crippen molar-refractivity contribution in [1.29, 1.82) is 0 Å². The largest absolute Gasteiger partial charge is 0.476 e. The maximum atomic E-state index is 13.3. The van der Waals surface area contributed by atoms with Crippen LogP contribution < -0.4 is 4.31 Å². The molecule has 4 rings (SSSR count). The molecule has 3 aromatic carbocycles. The van der Waals surface area contributed by atoms with Gasteiger partial charge < -0.3 is 10.3 Å². The van der Waals surface area contributed by atoms with Gasteiger partial charge in [-0.25, -0.2) is 13.2 Å². The lowest BCUT2D eigenvalue weighted by atomic mass is 10.0. The van der Waals surface area contributed by atoms with Gasteiger partial charge in [-0.15, -0.1) is 0 Å². The van der Waals surface area contributed by atoms with Crippen LogP contribution in [0.15, 0.2) is 83.8 Å². The summed E-state index contributed by atoms with van der Waals surface area (Å²) in [6.07, 6.45) is 0. The van der Waals surface area contributed by atoms with Crippen LogP contribution in [0, 0.1) is 0 Å². The number of benzene rings is 3. The number of rotatable bonds is 5. The van der Waals surface area contributed by atoms with Crippen molar-refractivity contribution < 1.29 is 23.5 Å². The lowest BCUT2D eigenvalue weighted by Gasteiger charge is -2.21. The molecule has 0 fully saturated rings. The number of para-hydroxylation sites is 1. The zero-order valence-electron chi connectivity index (χ0n) is 15.9. The van der Waals surface area contributed by atoms with E-state index in [1.807, 2.05) is 6.07 Å². The van der Waals surface area contributed by atoms with Gasteiger partial charge in [-0.1, -0.05) is 48.5 Å². The number of nitrogens with zero attached hydrogens (tertiary/aromatic N) is 2. The average molecular weight is 422 g/mol. The van der Waals surface area contributed by atoms with Gasteiger partial charge in [0, 0.05) is 18.0 Å². The van der Waals surface area contributed by atoms with Gasteiger partial charge in [-0.3, -0.25) is 4.31 Å². The minimum Gasteiger partial charge on any atom is -0.476 e. The van der Waals surface area contributed by atoms with Crippen molar-refractivity contribution in [2.45, 2.75) is 4.90 Å². The van der Waals surface area contributed by atoms with Crippen LogP contribution in [0.25, 0.3) is 22.0 Å². The van der Waals surface area contributed by atoms with Gasteiger partial charge in [-0.05, 0) is 35.9 Å². The highest BCUT2D eigenvalue weighted by atomic mass is 32.2. The third-order valence-corrected chi connectivity index (χ3v) is 6.80. The number of carbonyl (C=O) groups is 1. The number of hydrogen-bond donors (Lipinski definition) is 2. The molecule has 152 valence electrons. The Labute approximate surface area is 173 Å². The molecule has 0 amide bonds. The van der Waals surface area contributed by atoms with Crippen molar-refractivity contribution in [3.63, 3.8) is 0 Å². The Hall–Kier alpha value is -3.78. The topological polar surface area (TPSA) is 99.8 Å². The van der Waals surface area contributed by atoms with E-state index in [1.165, 1.54) is 23.5 Å². The fourth-order valence-corrected chi connectivity index (χ4v) is 4.77. The van der Waals surface area contributed by atoms with Crippen molar-refractivity contribution in [2.75, 3.05) is 11.4 Å². The SMILES string of the molecule is CN(c1ccccc1)S(=O)(=O)c1ccccc1-c1ccc2cc(C(=O)O)n(O)c2c1. The first-order valence-corrected chi connectivity index (χ1v) is 10.5. The maximum absolute atomic E-state index is 13.3. The van der Waals surface area contributed by atoms with E-state index in [-0.39, 0.29) is 16.1 Å². The zero-order chi connectivity index (χ0) is 21.5. The maximum Gasteiger partial charge on any atom is 0.356 e.